The largest absolute Gasteiger partial charge is 0.342 e. The van der Waals surface area contributed by atoms with Gasteiger partial charge >= 0.3 is 0 Å². The molecule has 1 aliphatic rings. The van der Waals surface area contributed by atoms with Crippen molar-refractivity contribution in [2.24, 2.45) is 0 Å². The topological polar surface area (TPSA) is 61.9 Å². The van der Waals surface area contributed by atoms with Gasteiger partial charge in [-0.15, -0.1) is 0 Å². The summed E-state index contributed by atoms with van der Waals surface area (Å²) in [6, 6.07) is 5.84. The Kier molecular flexibility index (Phi) is 3.76. The zero-order valence-corrected chi connectivity index (χ0v) is 11.3. The van der Waals surface area contributed by atoms with E-state index in [2.05, 4.69) is 15.2 Å². The first-order valence-electron chi connectivity index (χ1n) is 6.99. The number of rotatable bonds is 3. The Balaban J connectivity index is 1.54. The number of hydrogen-bond donors (Lipinski definition) is 1. The van der Waals surface area contributed by atoms with Crippen molar-refractivity contribution in [3.63, 3.8) is 0 Å². The van der Waals surface area contributed by atoms with Crippen molar-refractivity contribution in [1.29, 1.82) is 0 Å². The summed E-state index contributed by atoms with van der Waals surface area (Å²) in [4.78, 5) is 18.2. The fraction of sp³-hybridized carbons (Fsp3) is 0.400. The Hall–Kier alpha value is -2.17. The first-order chi connectivity index (χ1) is 9.83. The van der Waals surface area contributed by atoms with E-state index in [1.807, 2.05) is 23.1 Å². The van der Waals surface area contributed by atoms with E-state index in [1.54, 1.807) is 18.6 Å². The molecule has 2 aromatic heterocycles. The van der Waals surface area contributed by atoms with E-state index in [1.165, 1.54) is 5.69 Å². The Morgan fingerprint density at radius 1 is 1.30 bits per heavy atom. The molecule has 0 atom stereocenters. The minimum absolute atomic E-state index is 0.195. The number of carbonyl (C=O) groups is 1. The van der Waals surface area contributed by atoms with Crippen LogP contribution in [0.3, 0.4) is 0 Å². The van der Waals surface area contributed by atoms with Crippen LogP contribution in [0.15, 0.2) is 36.8 Å². The zero-order chi connectivity index (χ0) is 13.8. The second-order valence-corrected chi connectivity index (χ2v) is 5.21. The molecule has 2 aromatic rings. The van der Waals surface area contributed by atoms with E-state index in [-0.39, 0.29) is 5.91 Å². The molecule has 0 saturated carbocycles. The number of amides is 1. The average Bonchev–Trinajstić information content (AvgIpc) is 3.03. The third-order valence-corrected chi connectivity index (χ3v) is 3.89. The number of carbonyl (C=O) groups excluding carboxylic acids is 1. The molecule has 1 N–H and O–H groups in total. The lowest BCUT2D eigenvalue weighted by molar-refractivity contribution is -0.131. The Labute approximate surface area is 118 Å². The molecule has 0 aromatic carbocycles. The van der Waals surface area contributed by atoms with Crippen molar-refractivity contribution in [3.8, 4) is 0 Å². The molecular weight excluding hydrogens is 252 g/mol. The number of aromatic amines is 1. The number of H-pyrrole nitrogens is 1. The molecule has 1 saturated heterocycles. The van der Waals surface area contributed by atoms with Crippen LogP contribution >= 0.6 is 0 Å². The van der Waals surface area contributed by atoms with Gasteiger partial charge in [-0.2, -0.15) is 5.10 Å². The van der Waals surface area contributed by atoms with E-state index < -0.39 is 0 Å². The highest BCUT2D eigenvalue weighted by atomic mass is 16.2. The van der Waals surface area contributed by atoms with Gasteiger partial charge in [-0.3, -0.25) is 14.9 Å². The Morgan fingerprint density at radius 3 is 2.80 bits per heavy atom. The fourth-order valence-corrected chi connectivity index (χ4v) is 2.72. The number of pyridine rings is 1. The first-order valence-corrected chi connectivity index (χ1v) is 6.99. The van der Waals surface area contributed by atoms with Crippen LogP contribution in [0.5, 0.6) is 0 Å². The molecule has 104 valence electrons. The minimum atomic E-state index is 0.195. The number of nitrogens with one attached hydrogen (secondary N) is 1. The van der Waals surface area contributed by atoms with Crippen LogP contribution in [0, 0.1) is 0 Å². The lowest BCUT2D eigenvalue weighted by Crippen LogP contribution is -2.38. The van der Waals surface area contributed by atoms with Crippen molar-refractivity contribution >= 4 is 5.91 Å². The number of piperidine rings is 1. The van der Waals surface area contributed by atoms with Gasteiger partial charge in [-0.05, 0) is 30.5 Å². The maximum Gasteiger partial charge on any atom is 0.227 e. The molecule has 1 aliphatic heterocycles. The summed E-state index contributed by atoms with van der Waals surface area (Å²) < 4.78 is 0. The molecule has 3 rings (SSSR count). The average molecular weight is 270 g/mol. The molecule has 0 bridgehead atoms. The lowest BCUT2D eigenvalue weighted by atomic mass is 9.93. The Bertz CT molecular complexity index is 545. The molecule has 5 heteroatoms. The van der Waals surface area contributed by atoms with Crippen LogP contribution in [0.25, 0.3) is 0 Å². The molecular formula is C15H18N4O. The highest BCUT2D eigenvalue weighted by molar-refractivity contribution is 5.78. The predicted molar refractivity (Wildman–Crippen MR) is 75.1 cm³/mol. The van der Waals surface area contributed by atoms with E-state index in [9.17, 15) is 4.79 Å². The zero-order valence-electron chi connectivity index (χ0n) is 11.3. The Morgan fingerprint density at radius 2 is 2.15 bits per heavy atom. The van der Waals surface area contributed by atoms with Crippen LogP contribution in [0.4, 0.5) is 0 Å². The van der Waals surface area contributed by atoms with E-state index in [4.69, 9.17) is 0 Å². The lowest BCUT2D eigenvalue weighted by Gasteiger charge is -2.31. The van der Waals surface area contributed by atoms with Crippen LogP contribution in [-0.4, -0.2) is 39.1 Å². The molecule has 20 heavy (non-hydrogen) atoms. The summed E-state index contributed by atoms with van der Waals surface area (Å²) in [5.74, 6) is 0.695. The highest BCUT2D eigenvalue weighted by Crippen LogP contribution is 2.26. The smallest absolute Gasteiger partial charge is 0.227 e. The van der Waals surface area contributed by atoms with Gasteiger partial charge in [-0.1, -0.05) is 6.07 Å². The summed E-state index contributed by atoms with van der Waals surface area (Å²) in [5, 5.41) is 7.02. The second kappa shape index (κ2) is 5.86. The van der Waals surface area contributed by atoms with Gasteiger partial charge in [-0.25, -0.2) is 0 Å². The molecule has 0 spiro atoms. The maximum absolute atomic E-state index is 12.2. The van der Waals surface area contributed by atoms with Gasteiger partial charge in [0.25, 0.3) is 0 Å². The monoisotopic (exact) mass is 270 g/mol. The van der Waals surface area contributed by atoms with Crippen molar-refractivity contribution < 1.29 is 4.79 Å². The predicted octanol–water partition coefficient (Wildman–Crippen LogP) is 1.75. The van der Waals surface area contributed by atoms with Crippen molar-refractivity contribution in [1.82, 2.24) is 20.1 Å². The van der Waals surface area contributed by atoms with Gasteiger partial charge in [0.15, 0.2) is 0 Å². The molecule has 0 unspecified atom stereocenters. The summed E-state index contributed by atoms with van der Waals surface area (Å²) >= 11 is 0. The summed E-state index contributed by atoms with van der Waals surface area (Å²) in [6.07, 6.45) is 7.72. The number of likely N-dealkylation sites (tertiary alicyclic amines) is 1. The number of aromatic nitrogens is 3. The van der Waals surface area contributed by atoms with Crippen LogP contribution in [0.1, 0.15) is 30.0 Å². The summed E-state index contributed by atoms with van der Waals surface area (Å²) in [7, 11) is 0. The maximum atomic E-state index is 12.2. The van der Waals surface area contributed by atoms with Gasteiger partial charge in [0.2, 0.25) is 5.91 Å². The number of hydrogen-bond acceptors (Lipinski definition) is 3. The first kappa shape index (κ1) is 12.8. The van der Waals surface area contributed by atoms with Crippen LogP contribution in [-0.2, 0) is 11.2 Å². The van der Waals surface area contributed by atoms with Crippen molar-refractivity contribution in [3.05, 3.63) is 48.0 Å². The molecule has 0 radical (unpaired) electrons. The highest BCUT2D eigenvalue weighted by Gasteiger charge is 2.24. The number of nitrogens with zero attached hydrogens (tertiary/aromatic N) is 3. The normalized spacial score (nSPS) is 16.3. The van der Waals surface area contributed by atoms with Crippen molar-refractivity contribution in [2.75, 3.05) is 13.1 Å². The minimum Gasteiger partial charge on any atom is -0.342 e. The molecule has 0 aliphatic carbocycles. The van der Waals surface area contributed by atoms with E-state index in [0.29, 0.717) is 12.3 Å². The molecule has 3 heterocycles. The summed E-state index contributed by atoms with van der Waals surface area (Å²) in [6.45, 7) is 1.64. The van der Waals surface area contributed by atoms with Crippen LogP contribution in [0.2, 0.25) is 0 Å². The molecule has 5 nitrogen and oxygen atoms in total. The van der Waals surface area contributed by atoms with Gasteiger partial charge < -0.3 is 4.90 Å². The van der Waals surface area contributed by atoms with Gasteiger partial charge in [0.1, 0.15) is 0 Å². The second-order valence-electron chi connectivity index (χ2n) is 5.21. The van der Waals surface area contributed by atoms with E-state index >= 15 is 0 Å². The molecule has 1 fully saturated rings. The summed E-state index contributed by atoms with van der Waals surface area (Å²) in [5.41, 5.74) is 2.16. The van der Waals surface area contributed by atoms with E-state index in [0.717, 1.165) is 31.5 Å². The van der Waals surface area contributed by atoms with Gasteiger partial charge in [0.05, 0.1) is 6.42 Å². The molecule has 1 amide bonds. The van der Waals surface area contributed by atoms with Crippen LogP contribution < -0.4 is 0 Å². The standard InChI is InChI=1S/C15H18N4O/c20-15(10-12-2-1-6-16-11-12)19-8-4-13(5-9-19)14-3-7-17-18-14/h1-3,6-7,11,13H,4-5,8-10H2,(H,17,18). The fourth-order valence-electron chi connectivity index (χ4n) is 2.72. The SMILES string of the molecule is O=C(Cc1cccnc1)N1CCC(c2ccn[nH]2)CC1. The van der Waals surface area contributed by atoms with Gasteiger partial charge in [0, 0.05) is 43.3 Å². The quantitative estimate of drug-likeness (QED) is 0.924. The third-order valence-electron chi connectivity index (χ3n) is 3.89. The van der Waals surface area contributed by atoms with Crippen molar-refractivity contribution in [2.45, 2.75) is 25.2 Å². The third kappa shape index (κ3) is 2.87.